The van der Waals surface area contributed by atoms with Gasteiger partial charge in [-0.3, -0.25) is 4.90 Å². The molecule has 0 amide bonds. The number of nitrogens with zero attached hydrogens (tertiary/aromatic N) is 3. The Morgan fingerprint density at radius 1 is 1.19 bits per heavy atom. The summed E-state index contributed by atoms with van der Waals surface area (Å²) in [6.07, 6.45) is 5.46. The van der Waals surface area contributed by atoms with Crippen LogP contribution in [0.25, 0.3) is 10.2 Å². The highest BCUT2D eigenvalue weighted by molar-refractivity contribution is 7.18. The van der Waals surface area contributed by atoms with Gasteiger partial charge in [-0.15, -0.1) is 11.3 Å². The van der Waals surface area contributed by atoms with Gasteiger partial charge in [-0.2, -0.15) is 0 Å². The Balaban J connectivity index is 1.63. The monoisotopic (exact) mass is 302 g/mol. The first-order valence-corrected chi connectivity index (χ1v) is 8.69. The van der Waals surface area contributed by atoms with Crippen LogP contribution in [0.4, 0.5) is 5.82 Å². The molecule has 112 valence electrons. The molecule has 2 fully saturated rings. The molecular formula is C16H22N4S. The third-order valence-corrected chi connectivity index (χ3v) is 5.80. The molecule has 0 aliphatic heterocycles. The molecule has 0 atom stereocenters. The molecule has 4 nitrogen and oxygen atoms in total. The Morgan fingerprint density at radius 2 is 1.95 bits per heavy atom. The summed E-state index contributed by atoms with van der Waals surface area (Å²) in [6, 6.07) is 0.762. The lowest BCUT2D eigenvalue weighted by molar-refractivity contribution is 0.238. The predicted octanol–water partition coefficient (Wildman–Crippen LogP) is 3.26. The average molecular weight is 302 g/mol. The maximum absolute atomic E-state index is 6.19. The van der Waals surface area contributed by atoms with Crippen LogP contribution in [0.1, 0.15) is 41.9 Å². The van der Waals surface area contributed by atoms with Crippen LogP contribution in [0.3, 0.4) is 0 Å². The maximum Gasteiger partial charge on any atom is 0.146 e. The van der Waals surface area contributed by atoms with E-state index in [1.165, 1.54) is 42.7 Å². The van der Waals surface area contributed by atoms with Crippen LogP contribution in [0, 0.1) is 19.8 Å². The minimum Gasteiger partial charge on any atom is -0.383 e. The molecule has 2 aliphatic carbocycles. The van der Waals surface area contributed by atoms with Crippen LogP contribution in [0.2, 0.25) is 0 Å². The zero-order chi connectivity index (χ0) is 14.6. The van der Waals surface area contributed by atoms with Crippen LogP contribution < -0.4 is 5.73 Å². The molecule has 2 aromatic rings. The van der Waals surface area contributed by atoms with E-state index >= 15 is 0 Å². The van der Waals surface area contributed by atoms with Gasteiger partial charge in [-0.25, -0.2) is 9.97 Å². The molecule has 0 radical (unpaired) electrons. The van der Waals surface area contributed by atoms with Crippen molar-refractivity contribution in [3.63, 3.8) is 0 Å². The lowest BCUT2D eigenvalue weighted by Gasteiger charge is -2.20. The number of anilines is 1. The van der Waals surface area contributed by atoms with Crippen LogP contribution in [0.15, 0.2) is 0 Å². The van der Waals surface area contributed by atoms with Crippen molar-refractivity contribution in [1.29, 1.82) is 0 Å². The summed E-state index contributed by atoms with van der Waals surface area (Å²) in [5, 5.41) is 1.06. The minimum absolute atomic E-state index is 0.652. The number of nitrogens with two attached hydrogens (primary N) is 1. The largest absolute Gasteiger partial charge is 0.383 e. The molecule has 0 aromatic carbocycles. The predicted molar refractivity (Wildman–Crippen MR) is 87.5 cm³/mol. The molecule has 2 heterocycles. The second-order valence-corrected chi connectivity index (χ2v) is 7.80. The number of fused-ring (bicyclic) bond motifs is 1. The summed E-state index contributed by atoms with van der Waals surface area (Å²) in [6.45, 7) is 6.31. The van der Waals surface area contributed by atoms with Gasteiger partial charge in [-0.1, -0.05) is 0 Å². The standard InChI is InChI=1S/C16H22N4S/c1-9-10(2)21-16-14(9)15(17)18-13(19-16)8-20(12-5-6-12)7-11-3-4-11/h11-12H,3-8H2,1-2H3,(H2,17,18,19). The first kappa shape index (κ1) is 13.5. The number of nitrogen functional groups attached to an aromatic ring is 1. The van der Waals surface area contributed by atoms with Crippen LogP contribution >= 0.6 is 11.3 Å². The van der Waals surface area contributed by atoms with Crippen LogP contribution in [-0.4, -0.2) is 27.5 Å². The van der Waals surface area contributed by atoms with E-state index in [9.17, 15) is 0 Å². The van der Waals surface area contributed by atoms with E-state index in [2.05, 4.69) is 23.7 Å². The highest BCUT2D eigenvalue weighted by atomic mass is 32.1. The van der Waals surface area contributed by atoms with Crippen LogP contribution in [-0.2, 0) is 6.54 Å². The second kappa shape index (κ2) is 4.92. The number of rotatable bonds is 5. The molecule has 0 saturated heterocycles. The molecule has 0 spiro atoms. The van der Waals surface area contributed by atoms with Gasteiger partial charge in [0.25, 0.3) is 0 Å². The molecule has 5 heteroatoms. The highest BCUT2D eigenvalue weighted by Gasteiger charge is 2.34. The van der Waals surface area contributed by atoms with Crippen molar-refractivity contribution in [3.05, 3.63) is 16.3 Å². The summed E-state index contributed by atoms with van der Waals surface area (Å²) in [5.74, 6) is 2.46. The fourth-order valence-corrected chi connectivity index (χ4v) is 4.05. The molecule has 2 aliphatic rings. The molecule has 21 heavy (non-hydrogen) atoms. The van der Waals surface area contributed by atoms with Gasteiger partial charge in [0.1, 0.15) is 16.5 Å². The number of hydrogen-bond donors (Lipinski definition) is 1. The Labute approximate surface area is 129 Å². The van der Waals surface area contributed by atoms with Gasteiger partial charge in [0, 0.05) is 17.5 Å². The number of hydrogen-bond acceptors (Lipinski definition) is 5. The van der Waals surface area contributed by atoms with E-state index < -0.39 is 0 Å². The van der Waals surface area contributed by atoms with Gasteiger partial charge in [0.15, 0.2) is 0 Å². The summed E-state index contributed by atoms with van der Waals surface area (Å²) in [5.41, 5.74) is 7.42. The van der Waals surface area contributed by atoms with Gasteiger partial charge >= 0.3 is 0 Å². The van der Waals surface area contributed by atoms with Gasteiger partial charge in [0.2, 0.25) is 0 Å². The fraction of sp³-hybridized carbons (Fsp3) is 0.625. The summed E-state index contributed by atoms with van der Waals surface area (Å²) >= 11 is 1.73. The minimum atomic E-state index is 0.652. The van der Waals surface area contributed by atoms with Crippen LogP contribution in [0.5, 0.6) is 0 Å². The zero-order valence-corrected chi connectivity index (χ0v) is 13.5. The van der Waals surface area contributed by atoms with E-state index in [1.807, 2.05) is 0 Å². The van der Waals surface area contributed by atoms with Crippen molar-refractivity contribution >= 4 is 27.4 Å². The summed E-state index contributed by atoms with van der Waals surface area (Å²) < 4.78 is 0. The third-order valence-electron chi connectivity index (χ3n) is 4.70. The van der Waals surface area contributed by atoms with Crippen molar-refractivity contribution in [1.82, 2.24) is 14.9 Å². The lowest BCUT2D eigenvalue weighted by atomic mass is 10.2. The van der Waals surface area contributed by atoms with Gasteiger partial charge < -0.3 is 5.73 Å². The topological polar surface area (TPSA) is 55.0 Å². The zero-order valence-electron chi connectivity index (χ0n) is 12.7. The summed E-state index contributed by atoms with van der Waals surface area (Å²) in [7, 11) is 0. The first-order chi connectivity index (χ1) is 10.1. The van der Waals surface area contributed by atoms with E-state index in [1.54, 1.807) is 11.3 Å². The number of thiophene rings is 1. The molecule has 4 rings (SSSR count). The molecule has 2 N–H and O–H groups in total. The van der Waals surface area contributed by atoms with Gasteiger partial charge in [-0.05, 0) is 51.0 Å². The lowest BCUT2D eigenvalue weighted by Crippen LogP contribution is -2.28. The Bertz CT molecular complexity index is 685. The molecule has 0 unspecified atom stereocenters. The van der Waals surface area contributed by atoms with E-state index in [-0.39, 0.29) is 0 Å². The van der Waals surface area contributed by atoms with E-state index in [4.69, 9.17) is 10.7 Å². The number of aryl methyl sites for hydroxylation is 2. The van der Waals surface area contributed by atoms with Crippen molar-refractivity contribution in [3.8, 4) is 0 Å². The SMILES string of the molecule is Cc1sc2nc(CN(CC3CC3)C3CC3)nc(N)c2c1C. The molecular weight excluding hydrogens is 280 g/mol. The third kappa shape index (κ3) is 2.64. The first-order valence-electron chi connectivity index (χ1n) is 7.88. The smallest absolute Gasteiger partial charge is 0.146 e. The fourth-order valence-electron chi connectivity index (χ4n) is 2.99. The van der Waals surface area contributed by atoms with Crippen molar-refractivity contribution in [2.75, 3.05) is 12.3 Å². The van der Waals surface area contributed by atoms with E-state index in [0.29, 0.717) is 5.82 Å². The van der Waals surface area contributed by atoms with Crippen molar-refractivity contribution < 1.29 is 0 Å². The normalized spacial score (nSPS) is 18.8. The second-order valence-electron chi connectivity index (χ2n) is 6.59. The van der Waals surface area contributed by atoms with Gasteiger partial charge in [0.05, 0.1) is 11.9 Å². The summed E-state index contributed by atoms with van der Waals surface area (Å²) in [4.78, 5) is 14.3. The van der Waals surface area contributed by atoms with Crippen molar-refractivity contribution in [2.24, 2.45) is 5.92 Å². The number of aromatic nitrogens is 2. The molecule has 2 saturated carbocycles. The molecule has 2 aromatic heterocycles. The Kier molecular flexibility index (Phi) is 3.15. The van der Waals surface area contributed by atoms with Crippen molar-refractivity contribution in [2.45, 2.75) is 52.1 Å². The van der Waals surface area contributed by atoms with E-state index in [0.717, 1.165) is 34.5 Å². The Hall–Kier alpha value is -1.20. The highest BCUT2D eigenvalue weighted by Crippen LogP contribution is 2.36. The quantitative estimate of drug-likeness (QED) is 0.921. The molecule has 0 bridgehead atoms. The Morgan fingerprint density at radius 3 is 2.62 bits per heavy atom. The maximum atomic E-state index is 6.19. The average Bonchev–Trinajstić information content (AvgIpc) is 3.31.